The molecule has 0 amide bonds. The van der Waals surface area contributed by atoms with Gasteiger partial charge in [-0.3, -0.25) is 0 Å². The maximum atomic E-state index is 2.57. The van der Waals surface area contributed by atoms with E-state index in [-0.39, 0.29) is 15.8 Å². The molecule has 2 heterocycles. The van der Waals surface area contributed by atoms with Gasteiger partial charge < -0.3 is 0 Å². The van der Waals surface area contributed by atoms with Gasteiger partial charge in [0.25, 0.3) is 0 Å². The van der Waals surface area contributed by atoms with E-state index < -0.39 is 0 Å². The molecule has 2 saturated heterocycles. The van der Waals surface area contributed by atoms with Crippen molar-refractivity contribution in [3.8, 4) is 0 Å². The van der Waals surface area contributed by atoms with Crippen LogP contribution in [0.3, 0.4) is 0 Å². The van der Waals surface area contributed by atoms with Crippen molar-refractivity contribution in [3.63, 3.8) is 0 Å². The maximum absolute atomic E-state index is 2.57. The third kappa shape index (κ3) is 3.91. The molecule has 0 N–H and O–H groups in total. The van der Waals surface area contributed by atoms with Crippen LogP contribution in [0.2, 0.25) is 0 Å². The molecule has 0 radical (unpaired) electrons. The van der Waals surface area contributed by atoms with Crippen LogP contribution < -0.4 is 0 Å². The van der Waals surface area contributed by atoms with Gasteiger partial charge in [-0.2, -0.15) is 0 Å². The summed E-state index contributed by atoms with van der Waals surface area (Å²) in [6.07, 6.45) is 11.8. The summed E-state index contributed by atoms with van der Waals surface area (Å²) >= 11 is 0. The van der Waals surface area contributed by atoms with Crippen LogP contribution in [0.15, 0.2) is 0 Å². The summed E-state index contributed by atoms with van der Waals surface area (Å²) in [5, 5.41) is 2.43. The van der Waals surface area contributed by atoms with Crippen LogP contribution in [-0.2, 0) is 0 Å². The van der Waals surface area contributed by atoms with Crippen molar-refractivity contribution >= 4 is 15.8 Å². The second-order valence-corrected chi connectivity index (χ2v) is 17.7. The first-order valence-corrected chi connectivity index (χ1v) is 12.5. The van der Waals surface area contributed by atoms with Crippen molar-refractivity contribution < 1.29 is 0 Å². The van der Waals surface area contributed by atoms with Gasteiger partial charge in [-0.25, -0.2) is 0 Å². The zero-order chi connectivity index (χ0) is 16.8. The lowest BCUT2D eigenvalue weighted by atomic mass is 9.98. The monoisotopic (exact) mass is 342 g/mol. The van der Waals surface area contributed by atoms with E-state index in [4.69, 9.17) is 0 Å². The third-order valence-electron chi connectivity index (χ3n) is 6.62. The second-order valence-electron chi connectivity index (χ2n) is 10.3. The summed E-state index contributed by atoms with van der Waals surface area (Å²) in [6.45, 7) is 20.6. The molecule has 0 unspecified atom stereocenters. The zero-order valence-electron chi connectivity index (χ0n) is 16.6. The molecule has 2 aliphatic rings. The molecular formula is C20H40P2. The van der Waals surface area contributed by atoms with E-state index in [2.05, 4.69) is 55.4 Å². The third-order valence-corrected chi connectivity index (χ3v) is 15.1. The Morgan fingerprint density at radius 1 is 0.500 bits per heavy atom. The normalized spacial score (nSPS) is 31.1. The molecule has 0 spiro atoms. The molecule has 2 aliphatic heterocycles. The van der Waals surface area contributed by atoms with E-state index >= 15 is 0 Å². The summed E-state index contributed by atoms with van der Waals surface area (Å²) < 4.78 is 0. The van der Waals surface area contributed by atoms with Gasteiger partial charge in [0.05, 0.1) is 0 Å². The highest BCUT2D eigenvalue weighted by Crippen LogP contribution is 2.70. The molecule has 2 heteroatoms. The molecule has 0 aliphatic carbocycles. The minimum atomic E-state index is 0.150. The molecule has 130 valence electrons. The summed E-state index contributed by atoms with van der Waals surface area (Å²) in [5.41, 5.74) is 0. The van der Waals surface area contributed by atoms with Gasteiger partial charge in [0.2, 0.25) is 0 Å². The van der Waals surface area contributed by atoms with Crippen LogP contribution in [0, 0.1) is 0 Å². The molecule has 2 fully saturated rings. The first-order chi connectivity index (χ1) is 9.89. The lowest BCUT2D eigenvalue weighted by molar-refractivity contribution is 0.461. The maximum Gasteiger partial charge on any atom is -0.0146 e. The number of hydrogen-bond donors (Lipinski definition) is 0. The molecule has 0 nitrogen and oxygen atoms in total. The molecule has 2 rings (SSSR count). The van der Waals surface area contributed by atoms with Crippen molar-refractivity contribution in [2.75, 3.05) is 12.3 Å². The van der Waals surface area contributed by atoms with Crippen molar-refractivity contribution in [3.05, 3.63) is 0 Å². The predicted molar refractivity (Wildman–Crippen MR) is 108 cm³/mol. The van der Waals surface area contributed by atoms with E-state index in [9.17, 15) is 0 Å². The van der Waals surface area contributed by atoms with Crippen LogP contribution >= 0.6 is 15.8 Å². The molecule has 0 saturated carbocycles. The highest BCUT2D eigenvalue weighted by Gasteiger charge is 2.46. The van der Waals surface area contributed by atoms with Gasteiger partial charge in [-0.1, -0.05) is 84.1 Å². The molecule has 0 atom stereocenters. The average molecular weight is 342 g/mol. The smallest absolute Gasteiger partial charge is 0.0146 e. The van der Waals surface area contributed by atoms with Crippen LogP contribution in [-0.4, -0.2) is 32.9 Å². The summed E-state index contributed by atoms with van der Waals surface area (Å²) in [5.74, 6) is 0. The molecular weight excluding hydrogens is 302 g/mol. The summed E-state index contributed by atoms with van der Waals surface area (Å²) in [6, 6.07) is 0. The highest BCUT2D eigenvalue weighted by molar-refractivity contribution is 7.65. The average Bonchev–Trinajstić information content (AvgIpc) is 2.29. The van der Waals surface area contributed by atoms with Crippen LogP contribution in [0.25, 0.3) is 0 Å². The molecule has 0 aromatic carbocycles. The Morgan fingerprint density at radius 2 is 0.727 bits per heavy atom. The molecule has 0 aromatic rings. The Labute approximate surface area is 143 Å². The molecule has 0 bridgehead atoms. The van der Waals surface area contributed by atoms with Crippen LogP contribution in [0.1, 0.15) is 93.9 Å². The first kappa shape index (κ1) is 19.2. The van der Waals surface area contributed by atoms with Crippen LogP contribution in [0.4, 0.5) is 0 Å². The van der Waals surface area contributed by atoms with Crippen molar-refractivity contribution in [2.45, 2.75) is 115 Å². The fraction of sp³-hybridized carbons (Fsp3) is 1.00. The lowest BCUT2D eigenvalue weighted by Gasteiger charge is -2.54. The summed E-state index contributed by atoms with van der Waals surface area (Å²) in [7, 11) is 0.300. The molecule has 0 aromatic heterocycles. The van der Waals surface area contributed by atoms with Gasteiger partial charge >= 0.3 is 0 Å². The Morgan fingerprint density at radius 3 is 0.955 bits per heavy atom. The van der Waals surface area contributed by atoms with Gasteiger partial charge in [0.15, 0.2) is 0 Å². The van der Waals surface area contributed by atoms with Gasteiger partial charge in [0, 0.05) is 0 Å². The van der Waals surface area contributed by atoms with E-state index in [1.165, 1.54) is 50.8 Å². The quantitative estimate of drug-likeness (QED) is 0.468. The molecule has 22 heavy (non-hydrogen) atoms. The minimum Gasteiger partial charge on any atom is -0.0947 e. The van der Waals surface area contributed by atoms with E-state index in [0.717, 1.165) is 0 Å². The SMILES string of the molecule is CC1(C)CCCC(C)(C)P1CCP1C(C)(C)CCCC1(C)C. The Balaban J connectivity index is 2.12. The van der Waals surface area contributed by atoms with Crippen molar-refractivity contribution in [1.82, 2.24) is 0 Å². The Bertz CT molecular complexity index is 323. The fourth-order valence-corrected chi connectivity index (χ4v) is 14.5. The second kappa shape index (κ2) is 6.30. The Hall–Kier alpha value is 0.860. The largest absolute Gasteiger partial charge is 0.0947 e. The zero-order valence-corrected chi connectivity index (χ0v) is 18.3. The predicted octanol–water partition coefficient (Wildman–Crippen LogP) is 7.43. The minimum absolute atomic E-state index is 0.150. The van der Waals surface area contributed by atoms with E-state index in [0.29, 0.717) is 20.6 Å². The summed E-state index contributed by atoms with van der Waals surface area (Å²) in [4.78, 5) is 0. The van der Waals surface area contributed by atoms with Gasteiger partial charge in [-0.05, 0) is 58.6 Å². The topological polar surface area (TPSA) is 0 Å². The van der Waals surface area contributed by atoms with E-state index in [1.807, 2.05) is 0 Å². The van der Waals surface area contributed by atoms with E-state index in [1.54, 1.807) is 0 Å². The highest BCUT2D eigenvalue weighted by atomic mass is 31.1. The standard InChI is InChI=1S/C20H40P2/c1-17(2)11-9-12-18(3,4)21(17)15-16-22-19(5,6)13-10-14-20(22,7)8/h9-16H2,1-8H3. The lowest BCUT2D eigenvalue weighted by Crippen LogP contribution is -2.39. The van der Waals surface area contributed by atoms with Gasteiger partial charge in [-0.15, -0.1) is 0 Å². The fourth-order valence-electron chi connectivity index (χ4n) is 5.50. The first-order valence-electron chi connectivity index (χ1n) is 9.44. The Kier molecular flexibility index (Phi) is 5.49. The van der Waals surface area contributed by atoms with Crippen LogP contribution in [0.5, 0.6) is 0 Å². The van der Waals surface area contributed by atoms with Gasteiger partial charge in [0.1, 0.15) is 0 Å². The van der Waals surface area contributed by atoms with Crippen molar-refractivity contribution in [1.29, 1.82) is 0 Å². The number of rotatable bonds is 3. The number of hydrogen-bond acceptors (Lipinski definition) is 0. The van der Waals surface area contributed by atoms with Crippen molar-refractivity contribution in [2.24, 2.45) is 0 Å².